The minimum Gasteiger partial charge on any atom is -0.496 e. The molecule has 26 heavy (non-hydrogen) atoms. The van der Waals surface area contributed by atoms with E-state index in [1.165, 1.54) is 15.6 Å². The van der Waals surface area contributed by atoms with Gasteiger partial charge in [0.15, 0.2) is 0 Å². The van der Waals surface area contributed by atoms with E-state index in [0.717, 1.165) is 23.3 Å². The topological polar surface area (TPSA) is 75.7 Å². The molecule has 1 aromatic heterocycles. The molecule has 0 unspecified atom stereocenters. The summed E-state index contributed by atoms with van der Waals surface area (Å²) in [6.07, 6.45) is 2.04. The summed E-state index contributed by atoms with van der Waals surface area (Å²) in [6, 6.07) is 10.8. The number of hydrogen-bond donors (Lipinski definition) is 1. The lowest BCUT2D eigenvalue weighted by atomic mass is 10.1. The molecule has 3 rings (SSSR count). The summed E-state index contributed by atoms with van der Waals surface area (Å²) in [6.45, 7) is 1.49. The van der Waals surface area contributed by atoms with Gasteiger partial charge in [0.25, 0.3) is 10.0 Å². The van der Waals surface area contributed by atoms with E-state index < -0.39 is 10.0 Å². The van der Waals surface area contributed by atoms with Gasteiger partial charge in [-0.05, 0) is 31.0 Å². The number of benzene rings is 1. The van der Waals surface area contributed by atoms with Crippen LogP contribution in [0, 0.1) is 0 Å². The van der Waals surface area contributed by atoms with E-state index >= 15 is 0 Å². The molecular weight excluding hydrogens is 372 g/mol. The fourth-order valence-electron chi connectivity index (χ4n) is 2.92. The molecule has 1 aromatic carbocycles. The lowest BCUT2D eigenvalue weighted by molar-refractivity contribution is -0.120. The highest BCUT2D eigenvalue weighted by Gasteiger charge is 2.28. The maximum atomic E-state index is 12.5. The van der Waals surface area contributed by atoms with E-state index in [9.17, 15) is 13.2 Å². The quantitative estimate of drug-likeness (QED) is 0.782. The number of sulfonamides is 1. The Balaban J connectivity index is 1.58. The number of nitrogens with one attached hydrogen (secondary N) is 1. The molecule has 1 aliphatic heterocycles. The SMILES string of the molecule is COc1ccccc1CC(=O)NCc1ccc(S(=O)(=O)N2CCCC2)s1. The predicted octanol–water partition coefficient (Wildman–Crippen LogP) is 2.40. The zero-order valence-electron chi connectivity index (χ0n) is 14.6. The van der Waals surface area contributed by atoms with Crippen LogP contribution in [0.4, 0.5) is 0 Å². The van der Waals surface area contributed by atoms with Crippen molar-refractivity contribution in [1.82, 2.24) is 9.62 Å². The maximum absolute atomic E-state index is 12.5. The maximum Gasteiger partial charge on any atom is 0.252 e. The van der Waals surface area contributed by atoms with Crippen molar-refractivity contribution < 1.29 is 17.9 Å². The molecule has 0 bridgehead atoms. The normalized spacial score (nSPS) is 15.1. The average molecular weight is 395 g/mol. The van der Waals surface area contributed by atoms with E-state index in [2.05, 4.69) is 5.32 Å². The first-order chi connectivity index (χ1) is 12.5. The van der Waals surface area contributed by atoms with Crippen LogP contribution >= 0.6 is 11.3 Å². The molecule has 2 aromatic rings. The van der Waals surface area contributed by atoms with Crippen molar-refractivity contribution in [1.29, 1.82) is 0 Å². The van der Waals surface area contributed by atoms with E-state index in [-0.39, 0.29) is 12.3 Å². The van der Waals surface area contributed by atoms with Crippen molar-refractivity contribution in [3.05, 3.63) is 46.8 Å². The molecule has 0 radical (unpaired) electrons. The molecule has 0 saturated carbocycles. The highest BCUT2D eigenvalue weighted by Crippen LogP contribution is 2.27. The van der Waals surface area contributed by atoms with Gasteiger partial charge in [-0.1, -0.05) is 18.2 Å². The fraction of sp³-hybridized carbons (Fsp3) is 0.389. The molecular formula is C18H22N2O4S2. The van der Waals surface area contributed by atoms with Crippen molar-refractivity contribution in [3.63, 3.8) is 0 Å². The third-order valence-electron chi connectivity index (χ3n) is 4.30. The Morgan fingerprint density at radius 3 is 2.65 bits per heavy atom. The van der Waals surface area contributed by atoms with Crippen LogP contribution < -0.4 is 10.1 Å². The molecule has 140 valence electrons. The third-order valence-corrected chi connectivity index (χ3v) is 7.75. The van der Waals surface area contributed by atoms with Gasteiger partial charge in [-0.3, -0.25) is 4.79 Å². The Labute approximate surface area is 157 Å². The number of ether oxygens (including phenoxy) is 1. The summed E-state index contributed by atoms with van der Waals surface area (Å²) >= 11 is 1.21. The second-order valence-electron chi connectivity index (χ2n) is 6.10. The molecule has 1 fully saturated rings. The number of carbonyl (C=O) groups is 1. The van der Waals surface area contributed by atoms with Crippen LogP contribution in [-0.4, -0.2) is 38.8 Å². The number of methoxy groups -OCH3 is 1. The number of carbonyl (C=O) groups excluding carboxylic acids is 1. The Morgan fingerprint density at radius 2 is 1.92 bits per heavy atom. The zero-order chi connectivity index (χ0) is 18.6. The van der Waals surface area contributed by atoms with Gasteiger partial charge in [-0.2, -0.15) is 4.31 Å². The first-order valence-corrected chi connectivity index (χ1v) is 10.7. The van der Waals surface area contributed by atoms with Crippen molar-refractivity contribution in [3.8, 4) is 5.75 Å². The summed E-state index contributed by atoms with van der Waals surface area (Å²) < 4.78 is 32.2. The molecule has 0 aliphatic carbocycles. The minimum absolute atomic E-state index is 0.133. The van der Waals surface area contributed by atoms with E-state index in [0.29, 0.717) is 29.6 Å². The molecule has 0 atom stereocenters. The smallest absolute Gasteiger partial charge is 0.252 e. The van der Waals surface area contributed by atoms with Gasteiger partial charge in [0.2, 0.25) is 5.91 Å². The first-order valence-electron chi connectivity index (χ1n) is 8.48. The monoisotopic (exact) mass is 394 g/mol. The van der Waals surface area contributed by atoms with Crippen molar-refractivity contribution in [2.24, 2.45) is 0 Å². The highest BCUT2D eigenvalue weighted by molar-refractivity contribution is 7.91. The van der Waals surface area contributed by atoms with Crippen LogP contribution in [0.2, 0.25) is 0 Å². The van der Waals surface area contributed by atoms with E-state index in [4.69, 9.17) is 4.74 Å². The van der Waals surface area contributed by atoms with Gasteiger partial charge in [0.1, 0.15) is 9.96 Å². The highest BCUT2D eigenvalue weighted by atomic mass is 32.2. The molecule has 1 N–H and O–H groups in total. The van der Waals surface area contributed by atoms with Gasteiger partial charge in [0.05, 0.1) is 20.1 Å². The summed E-state index contributed by atoms with van der Waals surface area (Å²) in [5.41, 5.74) is 0.816. The Kier molecular flexibility index (Phi) is 5.95. The largest absolute Gasteiger partial charge is 0.496 e. The van der Waals surface area contributed by atoms with Crippen LogP contribution in [0.25, 0.3) is 0 Å². The minimum atomic E-state index is -3.39. The van der Waals surface area contributed by atoms with Crippen molar-refractivity contribution in [2.45, 2.75) is 30.0 Å². The van der Waals surface area contributed by atoms with E-state index in [1.54, 1.807) is 19.2 Å². The van der Waals surface area contributed by atoms with Crippen LogP contribution in [0.3, 0.4) is 0 Å². The van der Waals surface area contributed by atoms with Gasteiger partial charge >= 0.3 is 0 Å². The molecule has 2 heterocycles. The second-order valence-corrected chi connectivity index (χ2v) is 9.43. The van der Waals surface area contributed by atoms with Crippen molar-refractivity contribution >= 4 is 27.3 Å². The zero-order valence-corrected chi connectivity index (χ0v) is 16.2. The lowest BCUT2D eigenvalue weighted by Crippen LogP contribution is -2.27. The molecule has 6 nitrogen and oxygen atoms in total. The van der Waals surface area contributed by atoms with Gasteiger partial charge < -0.3 is 10.1 Å². The van der Waals surface area contributed by atoms with Crippen LogP contribution in [-0.2, 0) is 27.8 Å². The number of amides is 1. The van der Waals surface area contributed by atoms with Crippen LogP contribution in [0.5, 0.6) is 5.75 Å². The average Bonchev–Trinajstić information content (AvgIpc) is 3.33. The molecule has 0 spiro atoms. The fourth-order valence-corrected chi connectivity index (χ4v) is 5.88. The molecule has 1 saturated heterocycles. The standard InChI is InChI=1S/C18H22N2O4S2/c1-24-16-7-3-2-6-14(16)12-17(21)19-13-15-8-9-18(25-15)26(22,23)20-10-4-5-11-20/h2-3,6-9H,4-5,10-13H2,1H3,(H,19,21). The Morgan fingerprint density at radius 1 is 1.19 bits per heavy atom. The number of nitrogens with zero attached hydrogens (tertiary/aromatic N) is 1. The summed E-state index contributed by atoms with van der Waals surface area (Å²) in [4.78, 5) is 13.0. The Hall–Kier alpha value is -1.90. The lowest BCUT2D eigenvalue weighted by Gasteiger charge is -2.13. The first kappa shape index (κ1) is 18.9. The van der Waals surface area contributed by atoms with E-state index in [1.807, 2.05) is 24.3 Å². The predicted molar refractivity (Wildman–Crippen MR) is 101 cm³/mol. The third kappa shape index (κ3) is 4.25. The molecule has 1 amide bonds. The molecule has 8 heteroatoms. The van der Waals surface area contributed by atoms with Gasteiger partial charge in [0, 0.05) is 23.5 Å². The number of rotatable bonds is 7. The van der Waals surface area contributed by atoms with Crippen LogP contribution in [0.15, 0.2) is 40.6 Å². The van der Waals surface area contributed by atoms with Crippen molar-refractivity contribution in [2.75, 3.05) is 20.2 Å². The summed E-state index contributed by atoms with van der Waals surface area (Å²) in [5.74, 6) is 0.546. The Bertz CT molecular complexity index is 871. The van der Waals surface area contributed by atoms with Gasteiger partial charge in [-0.15, -0.1) is 11.3 Å². The van der Waals surface area contributed by atoms with Crippen LogP contribution in [0.1, 0.15) is 23.3 Å². The summed E-state index contributed by atoms with van der Waals surface area (Å²) in [5, 5.41) is 2.84. The van der Waals surface area contributed by atoms with Gasteiger partial charge in [-0.25, -0.2) is 8.42 Å². The summed E-state index contributed by atoms with van der Waals surface area (Å²) in [7, 11) is -1.82. The molecule has 1 aliphatic rings. The second kappa shape index (κ2) is 8.20. The number of para-hydroxylation sites is 1. The number of hydrogen-bond acceptors (Lipinski definition) is 5. The number of thiophene rings is 1.